The molecule has 5 nitrogen and oxygen atoms in total. The number of carbonyl (C=O) groups is 1. The summed E-state index contributed by atoms with van der Waals surface area (Å²) in [4.78, 5) is 25.0. The van der Waals surface area contributed by atoms with Crippen LogP contribution in [0, 0.1) is 0 Å². The van der Waals surface area contributed by atoms with Gasteiger partial charge < -0.3 is 15.5 Å². The minimum absolute atomic E-state index is 0. The molecule has 1 fully saturated rings. The molecule has 1 aliphatic rings. The van der Waals surface area contributed by atoms with Crippen LogP contribution >= 0.6 is 12.4 Å². The van der Waals surface area contributed by atoms with Crippen LogP contribution in [0.3, 0.4) is 0 Å². The van der Waals surface area contributed by atoms with Crippen molar-refractivity contribution in [1.29, 1.82) is 0 Å². The molecule has 3 N–H and O–H groups in total. The maximum Gasteiger partial charge on any atom is 0.344 e. The largest absolute Gasteiger partial charge is 0.422 e. The molecular weight excluding hydrogens is 376 g/mol. The van der Waals surface area contributed by atoms with Crippen molar-refractivity contribution in [2.75, 3.05) is 0 Å². The van der Waals surface area contributed by atoms with Gasteiger partial charge in [-0.3, -0.25) is 4.79 Å². The van der Waals surface area contributed by atoms with E-state index in [-0.39, 0.29) is 30.4 Å². The second-order valence-electron chi connectivity index (χ2n) is 7.16. The molecule has 1 heterocycles. The number of fused-ring (bicyclic) bond motifs is 1. The first-order valence-corrected chi connectivity index (χ1v) is 9.30. The summed E-state index contributed by atoms with van der Waals surface area (Å²) < 4.78 is 5.41. The first kappa shape index (κ1) is 20.1. The third kappa shape index (κ3) is 4.26. The van der Waals surface area contributed by atoms with Crippen LogP contribution in [-0.4, -0.2) is 18.0 Å². The molecule has 1 saturated carbocycles. The van der Waals surface area contributed by atoms with Crippen LogP contribution in [0.5, 0.6) is 0 Å². The number of rotatable bonds is 3. The number of hydrogen-bond donors (Lipinski definition) is 2. The van der Waals surface area contributed by atoms with Crippen molar-refractivity contribution in [2.45, 2.75) is 37.8 Å². The lowest BCUT2D eigenvalue weighted by Crippen LogP contribution is -2.42. The molecule has 1 aliphatic carbocycles. The summed E-state index contributed by atoms with van der Waals surface area (Å²) in [7, 11) is 0. The smallest absolute Gasteiger partial charge is 0.344 e. The standard InChI is InChI=1S/C22H22N2O3.ClH/c23-17-8-4-9-18(13-17)24-21(25)16-7-3-6-14(11-16)19-12-15-5-1-2-10-20(15)27-22(19)26;/h1-3,5-7,10-12,17-18H,4,8-9,13,23H2,(H,24,25);1H/t17-,18-;/m1./s1. The minimum atomic E-state index is -0.412. The van der Waals surface area contributed by atoms with Gasteiger partial charge >= 0.3 is 5.63 Å². The van der Waals surface area contributed by atoms with E-state index >= 15 is 0 Å². The monoisotopic (exact) mass is 398 g/mol. The molecule has 146 valence electrons. The van der Waals surface area contributed by atoms with Crippen LogP contribution in [-0.2, 0) is 0 Å². The summed E-state index contributed by atoms with van der Waals surface area (Å²) in [5.41, 5.74) is 7.79. The number of carbonyl (C=O) groups excluding carboxylic acids is 1. The summed E-state index contributed by atoms with van der Waals surface area (Å²) in [6.45, 7) is 0. The fourth-order valence-corrected chi connectivity index (χ4v) is 3.72. The molecule has 0 bridgehead atoms. The molecule has 28 heavy (non-hydrogen) atoms. The highest BCUT2D eigenvalue weighted by atomic mass is 35.5. The first-order valence-electron chi connectivity index (χ1n) is 9.30. The van der Waals surface area contributed by atoms with Crippen molar-refractivity contribution in [3.8, 4) is 11.1 Å². The van der Waals surface area contributed by atoms with Crippen LogP contribution in [0.1, 0.15) is 36.0 Å². The van der Waals surface area contributed by atoms with Crippen molar-refractivity contribution in [2.24, 2.45) is 5.73 Å². The van der Waals surface area contributed by atoms with E-state index in [1.54, 1.807) is 30.3 Å². The van der Waals surface area contributed by atoms with Crippen LogP contribution in [0.4, 0.5) is 0 Å². The highest BCUT2D eigenvalue weighted by Gasteiger charge is 2.21. The summed E-state index contributed by atoms with van der Waals surface area (Å²) in [6, 6.07) is 16.5. The van der Waals surface area contributed by atoms with E-state index in [1.165, 1.54) is 0 Å². The van der Waals surface area contributed by atoms with Gasteiger partial charge in [-0.25, -0.2) is 4.79 Å². The minimum Gasteiger partial charge on any atom is -0.422 e. The normalized spacial score (nSPS) is 19.0. The van der Waals surface area contributed by atoms with E-state index < -0.39 is 5.63 Å². The van der Waals surface area contributed by atoms with E-state index in [1.807, 2.05) is 24.3 Å². The number of nitrogens with one attached hydrogen (secondary N) is 1. The predicted molar refractivity (Wildman–Crippen MR) is 113 cm³/mol. The number of benzene rings is 2. The quantitative estimate of drug-likeness (QED) is 0.655. The molecule has 4 rings (SSSR count). The predicted octanol–water partition coefficient (Wildman–Crippen LogP) is 3.88. The summed E-state index contributed by atoms with van der Waals surface area (Å²) in [6.07, 6.45) is 3.80. The van der Waals surface area contributed by atoms with Gasteiger partial charge in [0.1, 0.15) is 5.58 Å². The van der Waals surface area contributed by atoms with Crippen LogP contribution in [0.25, 0.3) is 22.1 Å². The van der Waals surface area contributed by atoms with E-state index in [0.29, 0.717) is 22.3 Å². The Morgan fingerprint density at radius 2 is 1.89 bits per heavy atom. The highest BCUT2D eigenvalue weighted by molar-refractivity contribution is 5.96. The number of para-hydroxylation sites is 1. The molecule has 2 aromatic carbocycles. The maximum absolute atomic E-state index is 12.6. The molecular formula is C22H23ClN2O3. The second kappa shape index (κ2) is 8.59. The third-order valence-corrected chi connectivity index (χ3v) is 5.13. The number of nitrogens with two attached hydrogens (primary N) is 1. The number of hydrogen-bond acceptors (Lipinski definition) is 4. The molecule has 6 heteroatoms. The fraction of sp³-hybridized carbons (Fsp3) is 0.273. The number of halogens is 1. The van der Waals surface area contributed by atoms with Crippen molar-refractivity contribution < 1.29 is 9.21 Å². The van der Waals surface area contributed by atoms with E-state index in [2.05, 4.69) is 5.32 Å². The Labute approximate surface area is 169 Å². The molecule has 0 spiro atoms. The lowest BCUT2D eigenvalue weighted by atomic mass is 9.91. The Kier molecular flexibility index (Phi) is 6.17. The lowest BCUT2D eigenvalue weighted by Gasteiger charge is -2.27. The van der Waals surface area contributed by atoms with Crippen LogP contribution < -0.4 is 16.7 Å². The zero-order chi connectivity index (χ0) is 18.8. The van der Waals surface area contributed by atoms with Gasteiger partial charge in [0.05, 0.1) is 5.56 Å². The highest BCUT2D eigenvalue weighted by Crippen LogP contribution is 2.22. The van der Waals surface area contributed by atoms with Gasteiger partial charge in [-0.15, -0.1) is 12.4 Å². The van der Waals surface area contributed by atoms with Gasteiger partial charge in [-0.05, 0) is 55.5 Å². The van der Waals surface area contributed by atoms with Crippen molar-refractivity contribution in [3.05, 3.63) is 70.6 Å². The molecule has 0 radical (unpaired) electrons. The summed E-state index contributed by atoms with van der Waals surface area (Å²) >= 11 is 0. The second-order valence-corrected chi connectivity index (χ2v) is 7.16. The number of amides is 1. The van der Waals surface area contributed by atoms with E-state index in [9.17, 15) is 9.59 Å². The molecule has 2 atom stereocenters. The lowest BCUT2D eigenvalue weighted by molar-refractivity contribution is 0.0925. The summed E-state index contributed by atoms with van der Waals surface area (Å²) in [5, 5.41) is 3.91. The van der Waals surface area contributed by atoms with Crippen molar-refractivity contribution >= 4 is 29.3 Å². The average molecular weight is 399 g/mol. The first-order chi connectivity index (χ1) is 13.1. The average Bonchev–Trinajstić information content (AvgIpc) is 2.67. The Bertz CT molecular complexity index is 1050. The Morgan fingerprint density at radius 3 is 2.71 bits per heavy atom. The van der Waals surface area contributed by atoms with Gasteiger partial charge in [0.2, 0.25) is 0 Å². The van der Waals surface area contributed by atoms with Gasteiger partial charge in [0.15, 0.2) is 0 Å². The van der Waals surface area contributed by atoms with Gasteiger partial charge in [-0.1, -0.05) is 30.3 Å². The Morgan fingerprint density at radius 1 is 1.07 bits per heavy atom. The summed E-state index contributed by atoms with van der Waals surface area (Å²) in [5.74, 6) is -0.138. The fourth-order valence-electron chi connectivity index (χ4n) is 3.72. The SMILES string of the molecule is Cl.N[C@@H]1CCC[C@@H](NC(=O)c2cccc(-c3cc4ccccc4oc3=O)c2)C1. The molecule has 1 amide bonds. The van der Waals surface area contributed by atoms with E-state index in [0.717, 1.165) is 31.1 Å². The van der Waals surface area contributed by atoms with Gasteiger partial charge in [0, 0.05) is 23.0 Å². The van der Waals surface area contributed by atoms with Crippen LogP contribution in [0.2, 0.25) is 0 Å². The van der Waals surface area contributed by atoms with Crippen molar-refractivity contribution in [3.63, 3.8) is 0 Å². The van der Waals surface area contributed by atoms with Crippen molar-refractivity contribution in [1.82, 2.24) is 5.32 Å². The van der Waals surface area contributed by atoms with E-state index in [4.69, 9.17) is 10.2 Å². The zero-order valence-corrected chi connectivity index (χ0v) is 16.2. The maximum atomic E-state index is 12.6. The Hall–Kier alpha value is -2.63. The van der Waals surface area contributed by atoms with Gasteiger partial charge in [-0.2, -0.15) is 0 Å². The molecule has 0 aliphatic heterocycles. The zero-order valence-electron chi connectivity index (χ0n) is 15.4. The molecule has 1 aromatic heterocycles. The molecule has 0 saturated heterocycles. The molecule has 0 unspecified atom stereocenters. The molecule has 3 aromatic rings. The van der Waals surface area contributed by atoms with Gasteiger partial charge in [0.25, 0.3) is 5.91 Å². The third-order valence-electron chi connectivity index (χ3n) is 5.13. The van der Waals surface area contributed by atoms with Crippen LogP contribution in [0.15, 0.2) is 63.8 Å². The topological polar surface area (TPSA) is 85.3 Å². The Balaban J connectivity index is 0.00000225.